The Morgan fingerprint density at radius 2 is 0.571 bits per heavy atom. The van der Waals surface area contributed by atoms with E-state index in [1.165, 1.54) is 0 Å². The van der Waals surface area contributed by atoms with Crippen LogP contribution in [0.4, 0.5) is 0 Å². The van der Waals surface area contributed by atoms with Gasteiger partial charge in [-0.3, -0.25) is 0 Å². The van der Waals surface area contributed by atoms with E-state index in [9.17, 15) is 0 Å². The molecule has 1 rings (SSSR count). The Morgan fingerprint density at radius 3 is 0.714 bits per heavy atom. The van der Waals surface area contributed by atoms with Crippen LogP contribution in [0, 0.1) is 0 Å². The molecule has 0 aliphatic carbocycles. The monoisotopic (exact) mass is 152 g/mol. The molecule has 0 saturated carbocycles. The average Bonchev–Trinajstić information content (AvgIpc) is 1.72. The van der Waals surface area contributed by atoms with Crippen molar-refractivity contribution in [1.29, 1.82) is 0 Å². The molecule has 34 valence electrons. The van der Waals surface area contributed by atoms with Crippen LogP contribution in [-0.2, 0) is 0 Å². The first kappa shape index (κ1) is 6.76. The van der Waals surface area contributed by atoms with E-state index in [0.717, 1.165) is 0 Å². The summed E-state index contributed by atoms with van der Waals surface area (Å²) in [5.41, 5.74) is 0. The van der Waals surface area contributed by atoms with Gasteiger partial charge >= 0.3 is 0 Å². The van der Waals surface area contributed by atoms with Crippen molar-refractivity contribution >= 4 is 17.6 Å². The minimum absolute atomic E-state index is 0. The Morgan fingerprint density at radius 1 is 0.429 bits per heavy atom. The van der Waals surface area contributed by atoms with Gasteiger partial charge in [0.1, 0.15) is 0 Å². The molecule has 4 radical (unpaired) electrons. The first-order chi connectivity index (χ1) is 3.00. The van der Waals surface area contributed by atoms with Gasteiger partial charge in [0.2, 0.25) is 0 Å². The maximum atomic E-state index is 2.00. The van der Waals surface area contributed by atoms with Crippen LogP contribution >= 0.6 is 0 Å². The van der Waals surface area contributed by atoms with E-state index in [-0.39, 0.29) is 17.6 Å². The first-order valence-corrected chi connectivity index (χ1v) is 2.00. The topological polar surface area (TPSA) is 0 Å². The van der Waals surface area contributed by atoms with Crippen LogP contribution in [0.15, 0.2) is 36.4 Å². The summed E-state index contributed by atoms with van der Waals surface area (Å²) in [4.78, 5) is 0. The van der Waals surface area contributed by atoms with E-state index in [0.29, 0.717) is 0 Å². The second-order valence-electron chi connectivity index (χ2n) is 1.15. The van der Waals surface area contributed by atoms with Gasteiger partial charge in [-0.25, -0.2) is 0 Å². The summed E-state index contributed by atoms with van der Waals surface area (Å²) in [5, 5.41) is 0. The molecule has 0 heterocycles. The Hall–Kier alpha value is -0.237. The number of hydrogen-bond donors (Lipinski definition) is 0. The molecule has 0 nitrogen and oxygen atoms in total. The third kappa shape index (κ3) is 2.46. The van der Waals surface area contributed by atoms with Crippen LogP contribution in [0.2, 0.25) is 0 Å². The van der Waals surface area contributed by atoms with Gasteiger partial charge in [-0.1, -0.05) is 36.4 Å². The predicted molar refractivity (Wildman–Crippen MR) is 32.2 cm³/mol. The van der Waals surface area contributed by atoms with Crippen molar-refractivity contribution in [2.24, 2.45) is 0 Å². The van der Waals surface area contributed by atoms with E-state index in [2.05, 4.69) is 0 Å². The molecule has 0 fully saturated rings. The van der Waals surface area contributed by atoms with E-state index >= 15 is 0 Å². The second-order valence-corrected chi connectivity index (χ2v) is 1.15. The molecule has 0 unspecified atom stereocenters. The zero-order valence-corrected chi connectivity index (χ0v) is 6.06. The fraction of sp³-hybridized carbons (Fsp3) is 0. The Bertz CT molecular complexity index is 76.1. The van der Waals surface area contributed by atoms with Crippen molar-refractivity contribution in [3.05, 3.63) is 36.4 Å². The van der Waals surface area contributed by atoms with Crippen molar-refractivity contribution in [1.82, 2.24) is 0 Å². The molecule has 0 atom stereocenters. The van der Waals surface area contributed by atoms with E-state index in [1.807, 2.05) is 36.4 Å². The van der Waals surface area contributed by atoms with Crippen molar-refractivity contribution in [3.63, 3.8) is 0 Å². The SMILES string of the molecule is [Ge].c1ccccc1. The maximum absolute atomic E-state index is 2.00. The van der Waals surface area contributed by atoms with Gasteiger partial charge in [0.05, 0.1) is 0 Å². The molecule has 1 heteroatoms. The Kier molecular flexibility index (Phi) is 3.80. The predicted octanol–water partition coefficient (Wildman–Crippen LogP) is 1.31. The molecule has 0 saturated heterocycles. The van der Waals surface area contributed by atoms with Gasteiger partial charge in [0.15, 0.2) is 0 Å². The normalized spacial score (nSPS) is 6.86. The van der Waals surface area contributed by atoms with Crippen molar-refractivity contribution in [2.45, 2.75) is 0 Å². The van der Waals surface area contributed by atoms with Gasteiger partial charge in [-0.05, 0) is 0 Å². The van der Waals surface area contributed by atoms with E-state index in [4.69, 9.17) is 0 Å². The fourth-order valence-corrected chi connectivity index (χ4v) is 0.385. The zero-order chi connectivity index (χ0) is 4.24. The average molecular weight is 151 g/mol. The molecular weight excluding hydrogens is 145 g/mol. The summed E-state index contributed by atoms with van der Waals surface area (Å²) in [7, 11) is 0. The summed E-state index contributed by atoms with van der Waals surface area (Å²) >= 11 is 0. The molecule has 1 aromatic carbocycles. The molecule has 0 amide bonds. The molecule has 0 aliphatic heterocycles. The molecule has 1 aromatic rings. The quantitative estimate of drug-likeness (QED) is 0.490. The van der Waals surface area contributed by atoms with Gasteiger partial charge in [-0.2, -0.15) is 0 Å². The second kappa shape index (κ2) is 3.94. The summed E-state index contributed by atoms with van der Waals surface area (Å²) < 4.78 is 0. The largest absolute Gasteiger partial charge is 0.0623 e. The van der Waals surface area contributed by atoms with Crippen molar-refractivity contribution in [3.8, 4) is 0 Å². The molecule has 7 heavy (non-hydrogen) atoms. The maximum Gasteiger partial charge on any atom is 0 e. The van der Waals surface area contributed by atoms with Crippen molar-refractivity contribution in [2.75, 3.05) is 0 Å². The third-order valence-corrected chi connectivity index (χ3v) is 0.667. The standard InChI is InChI=1S/C6H6.Ge/c1-2-4-6-5-3-1;/h1-6H;. The summed E-state index contributed by atoms with van der Waals surface area (Å²) in [6.07, 6.45) is 0. The van der Waals surface area contributed by atoms with E-state index in [1.54, 1.807) is 0 Å². The number of hydrogen-bond acceptors (Lipinski definition) is 0. The van der Waals surface area contributed by atoms with Gasteiger partial charge in [-0.15, -0.1) is 0 Å². The van der Waals surface area contributed by atoms with Crippen LogP contribution in [0.3, 0.4) is 0 Å². The zero-order valence-electron chi connectivity index (χ0n) is 3.96. The molecule has 0 aliphatic rings. The van der Waals surface area contributed by atoms with Gasteiger partial charge < -0.3 is 0 Å². The van der Waals surface area contributed by atoms with Gasteiger partial charge in [0, 0.05) is 17.6 Å². The van der Waals surface area contributed by atoms with E-state index < -0.39 is 0 Å². The smallest absolute Gasteiger partial charge is 0 e. The summed E-state index contributed by atoms with van der Waals surface area (Å²) in [6, 6.07) is 12.0. The molecule has 0 N–H and O–H groups in total. The molecule has 0 spiro atoms. The third-order valence-electron chi connectivity index (χ3n) is 0.667. The van der Waals surface area contributed by atoms with Crippen LogP contribution in [0.1, 0.15) is 0 Å². The minimum atomic E-state index is 0. The summed E-state index contributed by atoms with van der Waals surface area (Å²) in [5.74, 6) is 0. The molecule has 0 aromatic heterocycles. The fourth-order valence-electron chi connectivity index (χ4n) is 0.385. The number of benzene rings is 1. The first-order valence-electron chi connectivity index (χ1n) is 2.00. The van der Waals surface area contributed by atoms with Crippen molar-refractivity contribution < 1.29 is 0 Å². The summed E-state index contributed by atoms with van der Waals surface area (Å²) in [6.45, 7) is 0. The molecule has 0 bridgehead atoms. The van der Waals surface area contributed by atoms with Crippen LogP contribution in [0.25, 0.3) is 0 Å². The Labute approximate surface area is 54.5 Å². The van der Waals surface area contributed by atoms with Crippen LogP contribution in [-0.4, -0.2) is 17.6 Å². The van der Waals surface area contributed by atoms with Crippen LogP contribution in [0.5, 0.6) is 0 Å². The Balaban J connectivity index is 0.000000360. The molecular formula is C6H6Ge. The van der Waals surface area contributed by atoms with Gasteiger partial charge in [0.25, 0.3) is 0 Å². The number of rotatable bonds is 0. The minimum Gasteiger partial charge on any atom is -0.0623 e. The van der Waals surface area contributed by atoms with Crippen LogP contribution < -0.4 is 0 Å².